The fraction of sp³-hybridized carbons (Fsp3) is 0.650. The Morgan fingerprint density at radius 1 is 1.29 bits per heavy atom. The molecule has 2 rings (SSSR count). The predicted octanol–water partition coefficient (Wildman–Crippen LogP) is 3.35. The molecule has 28 heavy (non-hydrogen) atoms. The van der Waals surface area contributed by atoms with Crippen LogP contribution < -0.4 is 15.4 Å². The van der Waals surface area contributed by atoms with E-state index in [2.05, 4.69) is 15.6 Å². The molecule has 0 spiro atoms. The Bertz CT molecular complexity index is 571. The van der Waals surface area contributed by atoms with Crippen molar-refractivity contribution in [2.45, 2.75) is 45.3 Å². The second-order valence-corrected chi connectivity index (χ2v) is 6.54. The number of hydrogen-bond acceptors (Lipinski definition) is 4. The van der Waals surface area contributed by atoms with E-state index in [1.807, 2.05) is 13.8 Å². The van der Waals surface area contributed by atoms with Gasteiger partial charge in [-0.1, -0.05) is 12.1 Å². The molecule has 1 fully saturated rings. The Labute approximate surface area is 184 Å². The standard InChI is InChI=1S/C20H32FN3O3.HI/c1-3-22-20(23-11-6-12-26-17-9-13-25-14-10-17)24-15-16(2)27-19-8-5-4-7-18(19)21;/h4-5,7-8,16-17H,3,6,9-15H2,1-2H3,(H2,22,23,24);1H. The Balaban J connectivity index is 0.00000392. The van der Waals surface area contributed by atoms with Crippen molar-refractivity contribution in [3.8, 4) is 5.75 Å². The predicted molar refractivity (Wildman–Crippen MR) is 120 cm³/mol. The monoisotopic (exact) mass is 509 g/mol. The van der Waals surface area contributed by atoms with Crippen molar-refractivity contribution in [3.05, 3.63) is 30.1 Å². The number of halogens is 2. The minimum absolute atomic E-state index is 0. The SMILES string of the molecule is CCNC(=NCC(C)Oc1ccccc1F)NCCCOC1CCOCC1.I. The van der Waals surface area contributed by atoms with Crippen LogP contribution in [0.4, 0.5) is 4.39 Å². The van der Waals surface area contributed by atoms with E-state index in [0.717, 1.165) is 58.1 Å². The number of ether oxygens (including phenoxy) is 3. The molecule has 6 nitrogen and oxygen atoms in total. The van der Waals surface area contributed by atoms with E-state index in [1.165, 1.54) is 6.07 Å². The molecule has 1 heterocycles. The summed E-state index contributed by atoms with van der Waals surface area (Å²) in [5.41, 5.74) is 0. The topological polar surface area (TPSA) is 64.1 Å². The zero-order chi connectivity index (χ0) is 19.3. The lowest BCUT2D eigenvalue weighted by molar-refractivity contribution is -0.0320. The van der Waals surface area contributed by atoms with E-state index in [4.69, 9.17) is 14.2 Å². The third kappa shape index (κ3) is 9.88. The lowest BCUT2D eigenvalue weighted by atomic mass is 10.1. The summed E-state index contributed by atoms with van der Waals surface area (Å²) in [6.07, 6.45) is 2.98. The summed E-state index contributed by atoms with van der Waals surface area (Å²) in [7, 11) is 0. The van der Waals surface area contributed by atoms with Gasteiger partial charge in [0.2, 0.25) is 0 Å². The first-order chi connectivity index (χ1) is 13.2. The van der Waals surface area contributed by atoms with Crippen molar-refractivity contribution in [2.24, 2.45) is 4.99 Å². The van der Waals surface area contributed by atoms with E-state index < -0.39 is 0 Å². The lowest BCUT2D eigenvalue weighted by Gasteiger charge is -2.22. The fourth-order valence-corrected chi connectivity index (χ4v) is 2.73. The molecule has 160 valence electrons. The van der Waals surface area contributed by atoms with Crippen molar-refractivity contribution in [1.29, 1.82) is 0 Å². The van der Waals surface area contributed by atoms with Gasteiger partial charge in [-0.05, 0) is 45.2 Å². The van der Waals surface area contributed by atoms with Crippen LogP contribution in [0.1, 0.15) is 33.1 Å². The summed E-state index contributed by atoms with van der Waals surface area (Å²) < 4.78 is 30.4. The van der Waals surface area contributed by atoms with Gasteiger partial charge in [-0.2, -0.15) is 0 Å². The zero-order valence-electron chi connectivity index (χ0n) is 16.8. The summed E-state index contributed by atoms with van der Waals surface area (Å²) in [5.74, 6) is 0.624. The minimum Gasteiger partial charge on any atom is -0.486 e. The molecule has 8 heteroatoms. The molecule has 0 amide bonds. The van der Waals surface area contributed by atoms with E-state index in [9.17, 15) is 4.39 Å². The Morgan fingerprint density at radius 2 is 2.04 bits per heavy atom. The third-order valence-corrected chi connectivity index (χ3v) is 4.15. The molecule has 1 unspecified atom stereocenters. The van der Waals surface area contributed by atoms with E-state index in [0.29, 0.717) is 12.6 Å². The van der Waals surface area contributed by atoms with Gasteiger partial charge in [0.1, 0.15) is 6.10 Å². The van der Waals surface area contributed by atoms with Crippen LogP contribution >= 0.6 is 24.0 Å². The van der Waals surface area contributed by atoms with E-state index in [-0.39, 0.29) is 41.6 Å². The van der Waals surface area contributed by atoms with Crippen LogP contribution in [0.5, 0.6) is 5.75 Å². The smallest absolute Gasteiger partial charge is 0.191 e. The van der Waals surface area contributed by atoms with E-state index >= 15 is 0 Å². The van der Waals surface area contributed by atoms with Gasteiger partial charge in [-0.3, -0.25) is 0 Å². The largest absolute Gasteiger partial charge is 0.486 e. The molecule has 1 aliphatic heterocycles. The third-order valence-electron chi connectivity index (χ3n) is 4.15. The number of aliphatic imine (C=N–C) groups is 1. The average molecular weight is 509 g/mol. The molecule has 0 radical (unpaired) electrons. The first-order valence-electron chi connectivity index (χ1n) is 9.81. The zero-order valence-corrected chi connectivity index (χ0v) is 19.1. The first kappa shape index (κ1) is 24.9. The maximum Gasteiger partial charge on any atom is 0.191 e. The van der Waals surface area contributed by atoms with Gasteiger partial charge in [0, 0.05) is 32.9 Å². The van der Waals surface area contributed by atoms with Gasteiger partial charge in [0.15, 0.2) is 17.5 Å². The van der Waals surface area contributed by atoms with Gasteiger partial charge in [0.05, 0.1) is 12.6 Å². The number of nitrogens with one attached hydrogen (secondary N) is 2. The fourth-order valence-electron chi connectivity index (χ4n) is 2.73. The highest BCUT2D eigenvalue weighted by molar-refractivity contribution is 14.0. The number of rotatable bonds is 10. The number of nitrogens with zero attached hydrogens (tertiary/aromatic N) is 1. The molecule has 1 saturated heterocycles. The molecule has 2 N–H and O–H groups in total. The number of para-hydroxylation sites is 1. The van der Waals surface area contributed by atoms with E-state index in [1.54, 1.807) is 18.2 Å². The molecule has 0 aromatic heterocycles. The molecule has 1 aliphatic rings. The number of hydrogen-bond donors (Lipinski definition) is 2. The Hall–Kier alpha value is -1.13. The van der Waals surface area contributed by atoms with Crippen LogP contribution in [-0.4, -0.2) is 57.6 Å². The normalized spacial score (nSPS) is 16.2. The summed E-state index contributed by atoms with van der Waals surface area (Å²) >= 11 is 0. The Morgan fingerprint density at radius 3 is 2.75 bits per heavy atom. The average Bonchev–Trinajstić information content (AvgIpc) is 2.68. The van der Waals surface area contributed by atoms with Crippen LogP contribution in [-0.2, 0) is 9.47 Å². The second-order valence-electron chi connectivity index (χ2n) is 6.54. The van der Waals surface area contributed by atoms with Gasteiger partial charge >= 0.3 is 0 Å². The molecule has 0 aliphatic carbocycles. The van der Waals surface area contributed by atoms with Gasteiger partial charge in [-0.15, -0.1) is 24.0 Å². The number of guanidine groups is 1. The van der Waals surface area contributed by atoms with Crippen LogP contribution in [0, 0.1) is 5.82 Å². The van der Waals surface area contributed by atoms with Crippen LogP contribution in [0.25, 0.3) is 0 Å². The van der Waals surface area contributed by atoms with Gasteiger partial charge in [0.25, 0.3) is 0 Å². The molecule has 1 aromatic rings. The maximum absolute atomic E-state index is 13.6. The molecular weight excluding hydrogens is 476 g/mol. The summed E-state index contributed by atoms with van der Waals surface area (Å²) in [6, 6.07) is 6.41. The summed E-state index contributed by atoms with van der Waals surface area (Å²) in [5, 5.41) is 6.50. The summed E-state index contributed by atoms with van der Waals surface area (Å²) in [4.78, 5) is 4.52. The lowest BCUT2D eigenvalue weighted by Crippen LogP contribution is -2.39. The minimum atomic E-state index is -0.358. The maximum atomic E-state index is 13.6. The highest BCUT2D eigenvalue weighted by Crippen LogP contribution is 2.17. The van der Waals surface area contributed by atoms with Crippen molar-refractivity contribution >= 4 is 29.9 Å². The quantitative estimate of drug-likeness (QED) is 0.219. The highest BCUT2D eigenvalue weighted by Gasteiger charge is 2.13. The van der Waals surface area contributed by atoms with Gasteiger partial charge < -0.3 is 24.8 Å². The van der Waals surface area contributed by atoms with Crippen LogP contribution in [0.2, 0.25) is 0 Å². The molecule has 0 saturated carbocycles. The first-order valence-corrected chi connectivity index (χ1v) is 9.81. The van der Waals surface area contributed by atoms with Crippen LogP contribution in [0.15, 0.2) is 29.3 Å². The molecular formula is C20H33FIN3O3. The summed E-state index contributed by atoms with van der Waals surface area (Å²) in [6.45, 7) is 8.20. The number of benzene rings is 1. The molecule has 0 bridgehead atoms. The van der Waals surface area contributed by atoms with Crippen molar-refractivity contribution < 1.29 is 18.6 Å². The molecule has 1 aromatic carbocycles. The van der Waals surface area contributed by atoms with Crippen molar-refractivity contribution in [1.82, 2.24) is 10.6 Å². The second kappa shape index (κ2) is 14.8. The van der Waals surface area contributed by atoms with Crippen LogP contribution in [0.3, 0.4) is 0 Å². The highest BCUT2D eigenvalue weighted by atomic mass is 127. The van der Waals surface area contributed by atoms with Crippen molar-refractivity contribution in [2.75, 3.05) is 39.5 Å². The molecule has 1 atom stereocenters. The Kier molecular flexibility index (Phi) is 13.2. The van der Waals surface area contributed by atoms with Gasteiger partial charge in [-0.25, -0.2) is 9.38 Å². The van der Waals surface area contributed by atoms with Crippen molar-refractivity contribution in [3.63, 3.8) is 0 Å².